The molecule has 3 N–H and O–H groups in total. The second kappa shape index (κ2) is 5.88. The summed E-state index contributed by atoms with van der Waals surface area (Å²) in [7, 11) is 0. The molecule has 110 valence electrons. The van der Waals surface area contributed by atoms with Crippen LogP contribution in [0.25, 0.3) is 0 Å². The summed E-state index contributed by atoms with van der Waals surface area (Å²) in [5, 5.41) is 13.5. The molecule has 1 unspecified atom stereocenters. The van der Waals surface area contributed by atoms with E-state index < -0.39 is 16.4 Å². The number of hydrogen-bond donors (Lipinski definition) is 2. The van der Waals surface area contributed by atoms with Gasteiger partial charge in [0, 0.05) is 16.1 Å². The monoisotopic (exact) mass is 343 g/mol. The number of aryl methyl sites for hydroxylation is 1. The average molecular weight is 344 g/mol. The van der Waals surface area contributed by atoms with Gasteiger partial charge >= 0.3 is 0 Å². The minimum absolute atomic E-state index is 0.0483. The van der Waals surface area contributed by atoms with E-state index in [-0.39, 0.29) is 11.6 Å². The van der Waals surface area contributed by atoms with Crippen molar-refractivity contribution in [1.29, 1.82) is 0 Å². The van der Waals surface area contributed by atoms with E-state index in [1.165, 1.54) is 6.07 Å². The lowest BCUT2D eigenvalue weighted by Crippen LogP contribution is -2.45. The van der Waals surface area contributed by atoms with E-state index in [0.717, 1.165) is 0 Å². The summed E-state index contributed by atoms with van der Waals surface area (Å²) in [6, 6.07) is 2.21. The summed E-state index contributed by atoms with van der Waals surface area (Å²) in [4.78, 5) is 22.5. The molecule has 1 rings (SSSR count). The lowest BCUT2D eigenvalue weighted by molar-refractivity contribution is -0.385. The van der Waals surface area contributed by atoms with Crippen LogP contribution in [0.2, 0.25) is 0 Å². The number of nitro benzene ring substituents is 1. The molecule has 0 radical (unpaired) electrons. The van der Waals surface area contributed by atoms with Crippen LogP contribution in [-0.2, 0) is 4.79 Å². The maximum atomic E-state index is 12.1. The first kappa shape index (κ1) is 16.6. The van der Waals surface area contributed by atoms with Gasteiger partial charge in [-0.2, -0.15) is 0 Å². The minimum atomic E-state index is -0.713. The topological polar surface area (TPSA) is 98.3 Å². The summed E-state index contributed by atoms with van der Waals surface area (Å²) in [6.07, 6.45) is 0. The molecule has 7 heteroatoms. The fraction of sp³-hybridized carbons (Fsp3) is 0.462. The molecule has 0 fully saturated rings. The number of carbonyl (C=O) groups excluding carboxylic acids is 1. The van der Waals surface area contributed by atoms with Crippen LogP contribution in [-0.4, -0.2) is 16.9 Å². The van der Waals surface area contributed by atoms with E-state index in [1.54, 1.807) is 13.0 Å². The van der Waals surface area contributed by atoms with E-state index in [9.17, 15) is 14.9 Å². The van der Waals surface area contributed by atoms with Crippen LogP contribution in [0.15, 0.2) is 16.6 Å². The second-order valence-electron chi connectivity index (χ2n) is 5.71. The predicted octanol–water partition coefficient (Wildman–Crippen LogP) is 2.98. The average Bonchev–Trinajstić information content (AvgIpc) is 2.29. The largest absolute Gasteiger partial charge is 0.323 e. The molecule has 1 atom stereocenters. The van der Waals surface area contributed by atoms with E-state index in [1.807, 2.05) is 20.8 Å². The molecule has 0 saturated carbocycles. The highest BCUT2D eigenvalue weighted by Crippen LogP contribution is 2.31. The molecule has 1 amide bonds. The molecule has 0 aromatic heterocycles. The quantitative estimate of drug-likeness (QED) is 0.650. The Balaban J connectivity index is 3.07. The third-order valence-electron chi connectivity index (χ3n) is 2.96. The molecule has 6 nitrogen and oxygen atoms in total. The smallest absolute Gasteiger partial charge is 0.274 e. The first-order chi connectivity index (χ1) is 9.04. The zero-order valence-electron chi connectivity index (χ0n) is 11.9. The van der Waals surface area contributed by atoms with Crippen LogP contribution >= 0.6 is 15.9 Å². The van der Waals surface area contributed by atoms with Crippen LogP contribution < -0.4 is 11.1 Å². The third kappa shape index (κ3) is 3.77. The van der Waals surface area contributed by atoms with Crippen molar-refractivity contribution in [2.45, 2.75) is 33.7 Å². The van der Waals surface area contributed by atoms with Crippen LogP contribution in [0.3, 0.4) is 0 Å². The number of hydrogen-bond acceptors (Lipinski definition) is 4. The Hall–Kier alpha value is -1.47. The normalized spacial score (nSPS) is 12.9. The Labute approximate surface area is 126 Å². The standard InChI is InChI=1S/C13H18BrN3O3/c1-7-5-8(14)9(6-10(7)17(19)20)16-12(18)11(15)13(2,3)4/h5-6,11H,15H2,1-4H3,(H,16,18). The fourth-order valence-corrected chi connectivity index (χ4v) is 2.11. The number of nitrogens with zero attached hydrogens (tertiary/aromatic N) is 1. The highest BCUT2D eigenvalue weighted by Gasteiger charge is 2.28. The van der Waals surface area contributed by atoms with E-state index in [2.05, 4.69) is 21.2 Å². The van der Waals surface area contributed by atoms with Gasteiger partial charge in [-0.1, -0.05) is 20.8 Å². The van der Waals surface area contributed by atoms with Gasteiger partial charge in [0.2, 0.25) is 5.91 Å². The van der Waals surface area contributed by atoms with E-state index in [0.29, 0.717) is 15.7 Å². The van der Waals surface area contributed by atoms with Crippen molar-refractivity contribution in [1.82, 2.24) is 0 Å². The Morgan fingerprint density at radius 3 is 2.45 bits per heavy atom. The number of anilines is 1. The highest BCUT2D eigenvalue weighted by molar-refractivity contribution is 9.10. The SMILES string of the molecule is Cc1cc(Br)c(NC(=O)C(N)C(C)(C)C)cc1[N+](=O)[O-]. The van der Waals surface area contributed by atoms with Crippen LogP contribution in [0.1, 0.15) is 26.3 Å². The summed E-state index contributed by atoms with van der Waals surface area (Å²) >= 11 is 3.28. The summed E-state index contributed by atoms with van der Waals surface area (Å²) < 4.78 is 0.579. The van der Waals surface area contributed by atoms with Crippen molar-refractivity contribution >= 4 is 33.2 Å². The Morgan fingerprint density at radius 2 is 2.00 bits per heavy atom. The third-order valence-corrected chi connectivity index (χ3v) is 3.61. The molecular formula is C13H18BrN3O3. The Morgan fingerprint density at radius 1 is 1.45 bits per heavy atom. The molecule has 1 aromatic carbocycles. The van der Waals surface area contributed by atoms with E-state index >= 15 is 0 Å². The number of amides is 1. The zero-order valence-corrected chi connectivity index (χ0v) is 13.4. The summed E-state index contributed by atoms with van der Waals surface area (Å²) in [5.41, 5.74) is 6.27. The second-order valence-corrected chi connectivity index (χ2v) is 6.56. The summed E-state index contributed by atoms with van der Waals surface area (Å²) in [6.45, 7) is 7.19. The molecule has 0 aliphatic carbocycles. The first-order valence-corrected chi connectivity index (χ1v) is 6.84. The molecule has 0 bridgehead atoms. The van der Waals surface area contributed by atoms with Gasteiger partial charge in [0.05, 0.1) is 16.7 Å². The number of carbonyl (C=O) groups is 1. The van der Waals surface area contributed by atoms with Crippen molar-refractivity contribution in [3.63, 3.8) is 0 Å². The number of nitro groups is 1. The Bertz CT molecular complexity index is 553. The Kier molecular flexibility index (Phi) is 4.88. The van der Waals surface area contributed by atoms with Gasteiger partial charge in [-0.25, -0.2) is 0 Å². The molecule has 0 aliphatic heterocycles. The fourth-order valence-electron chi connectivity index (χ4n) is 1.56. The number of halogens is 1. The van der Waals surface area contributed by atoms with Crippen LogP contribution in [0, 0.1) is 22.5 Å². The maximum absolute atomic E-state index is 12.1. The molecule has 1 aromatic rings. The lowest BCUT2D eigenvalue weighted by Gasteiger charge is -2.26. The molecule has 20 heavy (non-hydrogen) atoms. The molecular weight excluding hydrogens is 326 g/mol. The van der Waals surface area contributed by atoms with Gasteiger partial charge in [0.15, 0.2) is 0 Å². The van der Waals surface area contributed by atoms with Crippen molar-refractivity contribution < 1.29 is 9.72 Å². The van der Waals surface area contributed by atoms with Crippen molar-refractivity contribution in [3.8, 4) is 0 Å². The van der Waals surface area contributed by atoms with Gasteiger partial charge in [-0.3, -0.25) is 14.9 Å². The first-order valence-electron chi connectivity index (χ1n) is 6.05. The highest BCUT2D eigenvalue weighted by atomic mass is 79.9. The van der Waals surface area contributed by atoms with Gasteiger partial charge in [-0.05, 0) is 34.3 Å². The van der Waals surface area contributed by atoms with Crippen LogP contribution in [0.4, 0.5) is 11.4 Å². The van der Waals surface area contributed by atoms with Crippen molar-refractivity contribution in [2.75, 3.05) is 5.32 Å². The number of nitrogens with two attached hydrogens (primary N) is 1. The van der Waals surface area contributed by atoms with Gasteiger partial charge in [0.1, 0.15) is 0 Å². The predicted molar refractivity (Wildman–Crippen MR) is 81.6 cm³/mol. The molecule has 0 heterocycles. The number of nitrogens with one attached hydrogen (secondary N) is 1. The van der Waals surface area contributed by atoms with Gasteiger partial charge < -0.3 is 11.1 Å². The van der Waals surface area contributed by atoms with Crippen molar-refractivity contribution in [3.05, 3.63) is 32.3 Å². The zero-order chi connectivity index (χ0) is 15.7. The maximum Gasteiger partial charge on any atom is 0.274 e. The van der Waals surface area contributed by atoms with Crippen molar-refractivity contribution in [2.24, 2.45) is 11.1 Å². The van der Waals surface area contributed by atoms with Gasteiger partial charge in [0.25, 0.3) is 5.69 Å². The molecule has 0 saturated heterocycles. The van der Waals surface area contributed by atoms with Crippen LogP contribution in [0.5, 0.6) is 0 Å². The number of rotatable bonds is 3. The van der Waals surface area contributed by atoms with E-state index in [4.69, 9.17) is 5.73 Å². The summed E-state index contributed by atoms with van der Waals surface area (Å²) in [5.74, 6) is -0.378. The lowest BCUT2D eigenvalue weighted by atomic mass is 9.87. The minimum Gasteiger partial charge on any atom is -0.323 e. The number of benzene rings is 1. The molecule has 0 spiro atoms. The molecule has 0 aliphatic rings. The van der Waals surface area contributed by atoms with Gasteiger partial charge in [-0.15, -0.1) is 0 Å².